The number of aliphatic hydroxyl groups is 1. The fourth-order valence-corrected chi connectivity index (χ4v) is 1.94. The monoisotopic (exact) mass is 209 g/mol. The summed E-state index contributed by atoms with van der Waals surface area (Å²) in [5.41, 5.74) is -0.579. The maximum absolute atomic E-state index is 10.4. The number of hydrogen-bond acceptors (Lipinski definition) is 3. The molecule has 4 heteroatoms. The molecule has 1 atom stereocenters. The molecule has 1 N–H and O–H groups in total. The largest absolute Gasteiger partial charge is 0.389 e. The normalized spacial score (nSPS) is 22.4. The van der Waals surface area contributed by atoms with Crippen LogP contribution >= 0.6 is 0 Å². The van der Waals surface area contributed by atoms with Gasteiger partial charge in [0.15, 0.2) is 0 Å². The summed E-state index contributed by atoms with van der Waals surface area (Å²) in [5, 5.41) is 14.5. The molecule has 1 unspecified atom stereocenters. The van der Waals surface area contributed by atoms with Crippen molar-refractivity contribution >= 4 is 0 Å². The van der Waals surface area contributed by atoms with Gasteiger partial charge in [-0.25, -0.2) is 4.98 Å². The number of hydrogen-bond donors (Lipinski definition) is 1. The van der Waals surface area contributed by atoms with Crippen LogP contribution in [0.1, 0.15) is 39.4 Å². The SMILES string of the molecule is CCn1ncnc1CC(C)(O)C1(C)CC1. The summed E-state index contributed by atoms with van der Waals surface area (Å²) in [6, 6.07) is 0. The fourth-order valence-electron chi connectivity index (χ4n) is 1.94. The first kappa shape index (κ1) is 10.6. The topological polar surface area (TPSA) is 50.9 Å². The summed E-state index contributed by atoms with van der Waals surface area (Å²) in [5.74, 6) is 0.885. The molecule has 1 heterocycles. The van der Waals surface area contributed by atoms with Gasteiger partial charge in [0.05, 0.1) is 5.60 Å². The second-order valence-electron chi connectivity index (χ2n) is 5.00. The molecule has 0 saturated heterocycles. The molecule has 1 saturated carbocycles. The Morgan fingerprint density at radius 3 is 2.80 bits per heavy atom. The zero-order valence-corrected chi connectivity index (χ0v) is 9.69. The van der Waals surface area contributed by atoms with Crippen molar-refractivity contribution in [2.24, 2.45) is 5.41 Å². The molecule has 0 amide bonds. The van der Waals surface area contributed by atoms with Crippen LogP contribution in [0.2, 0.25) is 0 Å². The molecule has 15 heavy (non-hydrogen) atoms. The Labute approximate surface area is 90.3 Å². The van der Waals surface area contributed by atoms with E-state index in [9.17, 15) is 5.11 Å². The minimum absolute atomic E-state index is 0.0809. The fraction of sp³-hybridized carbons (Fsp3) is 0.818. The van der Waals surface area contributed by atoms with E-state index in [0.717, 1.165) is 25.2 Å². The van der Waals surface area contributed by atoms with Crippen molar-refractivity contribution in [3.63, 3.8) is 0 Å². The molecule has 0 bridgehead atoms. The highest BCUT2D eigenvalue weighted by Gasteiger charge is 2.52. The maximum Gasteiger partial charge on any atom is 0.138 e. The number of rotatable bonds is 4. The maximum atomic E-state index is 10.4. The molecule has 0 radical (unpaired) electrons. The first-order valence-electron chi connectivity index (χ1n) is 5.57. The predicted octanol–water partition coefficient (Wildman–Crippen LogP) is 1.39. The Balaban J connectivity index is 2.14. The van der Waals surface area contributed by atoms with Crippen molar-refractivity contribution in [2.45, 2.75) is 52.2 Å². The molecule has 0 spiro atoms. The zero-order chi connectivity index (χ0) is 11.1. The number of nitrogens with zero attached hydrogens (tertiary/aromatic N) is 3. The van der Waals surface area contributed by atoms with E-state index in [1.165, 1.54) is 0 Å². The standard InChI is InChI=1S/C11H19N3O/c1-4-14-9(12-8-13-14)7-11(3,15)10(2)5-6-10/h8,15H,4-7H2,1-3H3. The van der Waals surface area contributed by atoms with Crippen molar-refractivity contribution in [1.82, 2.24) is 14.8 Å². The van der Waals surface area contributed by atoms with Gasteiger partial charge in [-0.05, 0) is 32.1 Å². The third-order valence-electron chi connectivity index (χ3n) is 3.80. The van der Waals surface area contributed by atoms with Crippen molar-refractivity contribution in [1.29, 1.82) is 0 Å². The first-order chi connectivity index (χ1) is 6.98. The Kier molecular flexibility index (Phi) is 2.34. The zero-order valence-electron chi connectivity index (χ0n) is 9.69. The van der Waals surface area contributed by atoms with E-state index in [-0.39, 0.29) is 5.41 Å². The van der Waals surface area contributed by atoms with Crippen LogP contribution in [0.3, 0.4) is 0 Å². The number of aromatic nitrogens is 3. The van der Waals surface area contributed by atoms with Gasteiger partial charge in [0.25, 0.3) is 0 Å². The highest BCUT2D eigenvalue weighted by Crippen LogP contribution is 2.54. The predicted molar refractivity (Wildman–Crippen MR) is 57.4 cm³/mol. The van der Waals surface area contributed by atoms with Gasteiger partial charge in [-0.3, -0.25) is 4.68 Å². The van der Waals surface area contributed by atoms with E-state index >= 15 is 0 Å². The van der Waals surface area contributed by atoms with Gasteiger partial charge in [-0.15, -0.1) is 0 Å². The smallest absolute Gasteiger partial charge is 0.138 e. The Morgan fingerprint density at radius 1 is 1.60 bits per heavy atom. The average Bonchev–Trinajstić information content (AvgIpc) is 2.79. The molecule has 0 aromatic carbocycles. The van der Waals surface area contributed by atoms with Gasteiger partial charge in [0, 0.05) is 13.0 Å². The van der Waals surface area contributed by atoms with Crippen LogP contribution in [0.4, 0.5) is 0 Å². The summed E-state index contributed by atoms with van der Waals surface area (Å²) >= 11 is 0. The van der Waals surface area contributed by atoms with Crippen LogP contribution < -0.4 is 0 Å². The van der Waals surface area contributed by atoms with Crippen molar-refractivity contribution in [3.05, 3.63) is 12.2 Å². The summed E-state index contributed by atoms with van der Waals surface area (Å²) in [4.78, 5) is 4.21. The molecule has 1 aliphatic rings. The highest BCUT2D eigenvalue weighted by molar-refractivity contribution is 5.07. The van der Waals surface area contributed by atoms with Gasteiger partial charge < -0.3 is 5.11 Å². The molecule has 2 rings (SSSR count). The molecular weight excluding hydrogens is 190 g/mol. The molecule has 1 aromatic heterocycles. The van der Waals surface area contributed by atoms with Crippen LogP contribution in [-0.4, -0.2) is 25.5 Å². The molecular formula is C11H19N3O. The third-order valence-corrected chi connectivity index (χ3v) is 3.80. The molecule has 1 fully saturated rings. The first-order valence-corrected chi connectivity index (χ1v) is 5.57. The van der Waals surface area contributed by atoms with Crippen LogP contribution in [0.25, 0.3) is 0 Å². The summed E-state index contributed by atoms with van der Waals surface area (Å²) in [7, 11) is 0. The molecule has 0 aliphatic heterocycles. The van der Waals surface area contributed by atoms with Gasteiger partial charge in [0.2, 0.25) is 0 Å². The second kappa shape index (κ2) is 3.30. The van der Waals surface area contributed by atoms with Crippen LogP contribution in [0.5, 0.6) is 0 Å². The van der Waals surface area contributed by atoms with Crippen LogP contribution in [0, 0.1) is 5.41 Å². The van der Waals surface area contributed by atoms with E-state index < -0.39 is 5.60 Å². The number of aryl methyl sites for hydroxylation is 1. The van der Waals surface area contributed by atoms with Crippen molar-refractivity contribution in [3.8, 4) is 0 Å². The third kappa shape index (κ3) is 1.78. The van der Waals surface area contributed by atoms with Gasteiger partial charge >= 0.3 is 0 Å². The second-order valence-corrected chi connectivity index (χ2v) is 5.00. The van der Waals surface area contributed by atoms with Crippen LogP contribution in [-0.2, 0) is 13.0 Å². The molecule has 1 aliphatic carbocycles. The van der Waals surface area contributed by atoms with E-state index in [1.807, 2.05) is 18.5 Å². The Hall–Kier alpha value is -0.900. The average molecular weight is 209 g/mol. The minimum Gasteiger partial charge on any atom is -0.389 e. The van der Waals surface area contributed by atoms with Gasteiger partial charge in [-0.2, -0.15) is 5.10 Å². The summed E-state index contributed by atoms with van der Waals surface area (Å²) in [6.07, 6.45) is 4.38. The van der Waals surface area contributed by atoms with E-state index in [0.29, 0.717) is 6.42 Å². The lowest BCUT2D eigenvalue weighted by atomic mass is 9.84. The molecule has 1 aromatic rings. The quantitative estimate of drug-likeness (QED) is 0.815. The van der Waals surface area contributed by atoms with E-state index in [1.54, 1.807) is 6.33 Å². The highest BCUT2D eigenvalue weighted by atomic mass is 16.3. The van der Waals surface area contributed by atoms with Gasteiger partial charge in [-0.1, -0.05) is 6.92 Å². The Bertz CT molecular complexity index is 352. The van der Waals surface area contributed by atoms with E-state index in [4.69, 9.17) is 0 Å². The molecule has 84 valence electrons. The minimum atomic E-state index is -0.660. The summed E-state index contributed by atoms with van der Waals surface area (Å²) in [6.45, 7) is 6.89. The van der Waals surface area contributed by atoms with Crippen LogP contribution in [0.15, 0.2) is 6.33 Å². The van der Waals surface area contributed by atoms with Crippen molar-refractivity contribution < 1.29 is 5.11 Å². The Morgan fingerprint density at radius 2 is 2.27 bits per heavy atom. The van der Waals surface area contributed by atoms with E-state index in [2.05, 4.69) is 17.0 Å². The lowest BCUT2D eigenvalue weighted by Gasteiger charge is -2.30. The molecule has 4 nitrogen and oxygen atoms in total. The summed E-state index contributed by atoms with van der Waals surface area (Å²) < 4.78 is 1.85. The lowest BCUT2D eigenvalue weighted by molar-refractivity contribution is -0.00954. The lowest BCUT2D eigenvalue weighted by Crippen LogP contribution is -2.37. The van der Waals surface area contributed by atoms with Gasteiger partial charge in [0.1, 0.15) is 12.2 Å². The van der Waals surface area contributed by atoms with Crippen molar-refractivity contribution in [2.75, 3.05) is 0 Å².